The van der Waals surface area contributed by atoms with Crippen molar-refractivity contribution in [3.8, 4) is 0 Å². The number of carbonyl (C=O) groups is 2. The molecule has 8 heteroatoms. The van der Waals surface area contributed by atoms with Gasteiger partial charge in [-0.1, -0.05) is 0 Å². The van der Waals surface area contributed by atoms with Crippen LogP contribution >= 0.6 is 0 Å². The topological polar surface area (TPSA) is 97.3 Å². The first kappa shape index (κ1) is 17.7. The second-order valence-electron chi connectivity index (χ2n) is 4.79. The van der Waals surface area contributed by atoms with E-state index in [1.165, 1.54) is 12.0 Å². The summed E-state index contributed by atoms with van der Waals surface area (Å²) in [4.78, 5) is 24.4. The summed E-state index contributed by atoms with van der Waals surface area (Å²) in [5, 5.41) is 11.8. The Morgan fingerprint density at radius 3 is 2.67 bits per heavy atom. The lowest BCUT2D eigenvalue weighted by Gasteiger charge is -2.21. The SMILES string of the molecule is COCCOCCCNC(=O)N1CC(OC)CC1C(=O)O. The van der Waals surface area contributed by atoms with Gasteiger partial charge in [0.25, 0.3) is 0 Å². The lowest BCUT2D eigenvalue weighted by molar-refractivity contribution is -0.141. The van der Waals surface area contributed by atoms with Crippen LogP contribution in [0.4, 0.5) is 4.79 Å². The number of nitrogens with one attached hydrogen (secondary N) is 1. The quantitative estimate of drug-likeness (QED) is 0.578. The van der Waals surface area contributed by atoms with Gasteiger partial charge in [0, 0.05) is 40.3 Å². The van der Waals surface area contributed by atoms with Crippen molar-refractivity contribution >= 4 is 12.0 Å². The van der Waals surface area contributed by atoms with Gasteiger partial charge < -0.3 is 29.5 Å². The van der Waals surface area contributed by atoms with Gasteiger partial charge in [0.1, 0.15) is 6.04 Å². The highest BCUT2D eigenvalue weighted by Gasteiger charge is 2.39. The highest BCUT2D eigenvalue weighted by Crippen LogP contribution is 2.20. The Kier molecular flexibility index (Phi) is 8.03. The summed E-state index contributed by atoms with van der Waals surface area (Å²) in [5.74, 6) is -1.01. The average Bonchev–Trinajstić information content (AvgIpc) is 2.90. The minimum Gasteiger partial charge on any atom is -0.480 e. The van der Waals surface area contributed by atoms with Crippen LogP contribution in [-0.2, 0) is 19.0 Å². The fraction of sp³-hybridized carbons (Fsp3) is 0.846. The van der Waals surface area contributed by atoms with Gasteiger partial charge in [-0.2, -0.15) is 0 Å². The van der Waals surface area contributed by atoms with E-state index in [1.807, 2.05) is 0 Å². The maximum Gasteiger partial charge on any atom is 0.326 e. The largest absolute Gasteiger partial charge is 0.480 e. The number of aliphatic carboxylic acids is 1. The van der Waals surface area contributed by atoms with Crippen LogP contribution in [0.25, 0.3) is 0 Å². The average molecular weight is 304 g/mol. The third kappa shape index (κ3) is 5.86. The summed E-state index contributed by atoms with van der Waals surface area (Å²) in [7, 11) is 3.12. The Labute approximate surface area is 124 Å². The zero-order valence-electron chi connectivity index (χ0n) is 12.5. The molecule has 0 bridgehead atoms. The number of hydrogen-bond donors (Lipinski definition) is 2. The van der Waals surface area contributed by atoms with Crippen LogP contribution in [0.2, 0.25) is 0 Å². The molecule has 1 heterocycles. The summed E-state index contributed by atoms with van der Waals surface area (Å²) in [6.45, 7) is 2.31. The second-order valence-corrected chi connectivity index (χ2v) is 4.79. The third-order valence-corrected chi connectivity index (χ3v) is 3.32. The lowest BCUT2D eigenvalue weighted by Crippen LogP contribution is -2.46. The zero-order valence-corrected chi connectivity index (χ0v) is 12.5. The first-order chi connectivity index (χ1) is 10.1. The molecule has 0 aromatic heterocycles. The molecule has 0 spiro atoms. The van der Waals surface area contributed by atoms with Crippen molar-refractivity contribution in [2.75, 3.05) is 47.1 Å². The molecular weight excluding hydrogens is 280 g/mol. The van der Waals surface area contributed by atoms with E-state index in [9.17, 15) is 9.59 Å². The van der Waals surface area contributed by atoms with Gasteiger partial charge in [-0.15, -0.1) is 0 Å². The molecule has 2 atom stereocenters. The van der Waals surface area contributed by atoms with Crippen LogP contribution in [0.5, 0.6) is 0 Å². The molecule has 1 fully saturated rings. The first-order valence-electron chi connectivity index (χ1n) is 6.97. The summed E-state index contributed by atoms with van der Waals surface area (Å²) >= 11 is 0. The van der Waals surface area contributed by atoms with Crippen molar-refractivity contribution in [3.63, 3.8) is 0 Å². The van der Waals surface area contributed by atoms with Gasteiger partial charge in [0.15, 0.2) is 0 Å². The monoisotopic (exact) mass is 304 g/mol. The standard InChI is InChI=1S/C13H24N2O6/c1-19-6-7-21-5-3-4-14-13(18)15-9-10(20-2)8-11(15)12(16)17/h10-11H,3-9H2,1-2H3,(H,14,18)(H,16,17). The molecule has 21 heavy (non-hydrogen) atoms. The molecule has 122 valence electrons. The van der Waals surface area contributed by atoms with E-state index in [-0.39, 0.29) is 12.1 Å². The predicted molar refractivity (Wildman–Crippen MR) is 74.3 cm³/mol. The van der Waals surface area contributed by atoms with Gasteiger partial charge in [0.2, 0.25) is 0 Å². The molecule has 1 saturated heterocycles. The molecule has 0 saturated carbocycles. The molecule has 2 unspecified atom stereocenters. The van der Waals surface area contributed by atoms with E-state index in [2.05, 4.69) is 5.32 Å². The molecular formula is C13H24N2O6. The van der Waals surface area contributed by atoms with E-state index in [0.717, 1.165) is 0 Å². The molecule has 0 aliphatic carbocycles. The summed E-state index contributed by atoms with van der Waals surface area (Å²) in [6, 6.07) is -1.20. The van der Waals surface area contributed by atoms with Gasteiger partial charge in [0.05, 0.1) is 19.3 Å². The third-order valence-electron chi connectivity index (χ3n) is 3.32. The number of carbonyl (C=O) groups excluding carboxylic acids is 1. The number of hydrogen-bond acceptors (Lipinski definition) is 5. The van der Waals surface area contributed by atoms with Gasteiger partial charge >= 0.3 is 12.0 Å². The Hall–Kier alpha value is -1.38. The first-order valence-corrected chi connectivity index (χ1v) is 6.97. The molecule has 2 N–H and O–H groups in total. The summed E-state index contributed by atoms with van der Waals surface area (Å²) in [5.41, 5.74) is 0. The fourth-order valence-corrected chi connectivity index (χ4v) is 2.14. The molecule has 8 nitrogen and oxygen atoms in total. The Bertz CT molecular complexity index is 339. The fourth-order valence-electron chi connectivity index (χ4n) is 2.14. The van der Waals surface area contributed by atoms with Crippen molar-refractivity contribution in [3.05, 3.63) is 0 Å². The minimum atomic E-state index is -1.01. The lowest BCUT2D eigenvalue weighted by atomic mass is 10.2. The van der Waals surface area contributed by atoms with E-state index in [0.29, 0.717) is 45.8 Å². The molecule has 2 amide bonds. The zero-order chi connectivity index (χ0) is 15.7. The Morgan fingerprint density at radius 1 is 1.29 bits per heavy atom. The number of nitrogens with zero attached hydrogens (tertiary/aromatic N) is 1. The van der Waals surface area contributed by atoms with Crippen LogP contribution < -0.4 is 5.32 Å². The molecule has 0 aromatic rings. The molecule has 0 radical (unpaired) electrons. The van der Waals surface area contributed by atoms with Crippen molar-refractivity contribution in [1.82, 2.24) is 10.2 Å². The van der Waals surface area contributed by atoms with Gasteiger partial charge in [-0.3, -0.25) is 0 Å². The molecule has 1 rings (SSSR count). The van der Waals surface area contributed by atoms with E-state index in [1.54, 1.807) is 7.11 Å². The Morgan fingerprint density at radius 2 is 2.05 bits per heavy atom. The van der Waals surface area contributed by atoms with Gasteiger partial charge in [-0.25, -0.2) is 9.59 Å². The van der Waals surface area contributed by atoms with Gasteiger partial charge in [-0.05, 0) is 6.42 Å². The summed E-state index contributed by atoms with van der Waals surface area (Å²) < 4.78 is 15.2. The van der Waals surface area contributed by atoms with Crippen LogP contribution in [0.1, 0.15) is 12.8 Å². The summed E-state index contributed by atoms with van der Waals surface area (Å²) in [6.07, 6.45) is 0.753. The smallest absolute Gasteiger partial charge is 0.326 e. The van der Waals surface area contributed by atoms with Crippen molar-refractivity contribution in [1.29, 1.82) is 0 Å². The van der Waals surface area contributed by atoms with E-state index in [4.69, 9.17) is 19.3 Å². The number of amides is 2. The number of rotatable bonds is 9. The minimum absolute atomic E-state index is 0.228. The molecule has 1 aliphatic rings. The van der Waals surface area contributed by atoms with E-state index < -0.39 is 12.0 Å². The van der Waals surface area contributed by atoms with E-state index >= 15 is 0 Å². The second kappa shape index (κ2) is 9.54. The number of carboxylic acid groups (broad SMARTS) is 1. The van der Waals surface area contributed by atoms with Crippen LogP contribution in [0.3, 0.4) is 0 Å². The highest BCUT2D eigenvalue weighted by atomic mass is 16.5. The molecule has 1 aliphatic heterocycles. The number of urea groups is 1. The number of methoxy groups -OCH3 is 2. The van der Waals surface area contributed by atoms with Crippen LogP contribution in [-0.4, -0.2) is 81.3 Å². The number of carboxylic acids is 1. The maximum atomic E-state index is 12.0. The van der Waals surface area contributed by atoms with Crippen molar-refractivity contribution in [2.24, 2.45) is 0 Å². The van der Waals surface area contributed by atoms with Crippen LogP contribution in [0.15, 0.2) is 0 Å². The maximum absolute atomic E-state index is 12.0. The van der Waals surface area contributed by atoms with Crippen molar-refractivity contribution in [2.45, 2.75) is 25.0 Å². The van der Waals surface area contributed by atoms with Crippen LogP contribution in [0, 0.1) is 0 Å². The Balaban J connectivity index is 2.25. The number of likely N-dealkylation sites (tertiary alicyclic amines) is 1. The number of ether oxygens (including phenoxy) is 3. The molecule has 0 aromatic carbocycles. The normalized spacial score (nSPS) is 21.5. The highest BCUT2D eigenvalue weighted by molar-refractivity contribution is 5.83. The van der Waals surface area contributed by atoms with Crippen molar-refractivity contribution < 1.29 is 28.9 Å². The predicted octanol–water partition coefficient (Wildman–Crippen LogP) is -0.0770.